The SMILES string of the molecule is CCCCCCCCCCCCOc1ccc(OCCBr)cc1. The number of hydrogen-bond donors (Lipinski definition) is 0. The van der Waals surface area contributed by atoms with Gasteiger partial charge in [0.15, 0.2) is 0 Å². The lowest BCUT2D eigenvalue weighted by molar-refractivity contribution is 0.302. The molecule has 0 aliphatic heterocycles. The smallest absolute Gasteiger partial charge is 0.119 e. The highest BCUT2D eigenvalue weighted by atomic mass is 79.9. The Hall–Kier alpha value is -0.700. The summed E-state index contributed by atoms with van der Waals surface area (Å²) in [6.07, 6.45) is 13.6. The normalized spacial score (nSPS) is 10.7. The molecule has 0 bridgehead atoms. The summed E-state index contributed by atoms with van der Waals surface area (Å²) in [7, 11) is 0. The van der Waals surface area contributed by atoms with Crippen LogP contribution in [0.3, 0.4) is 0 Å². The van der Waals surface area contributed by atoms with Crippen LogP contribution in [0.25, 0.3) is 0 Å². The van der Waals surface area contributed by atoms with Gasteiger partial charge in [-0.15, -0.1) is 0 Å². The second kappa shape index (κ2) is 14.9. The van der Waals surface area contributed by atoms with Gasteiger partial charge in [-0.25, -0.2) is 0 Å². The van der Waals surface area contributed by atoms with E-state index in [2.05, 4.69) is 22.9 Å². The number of ether oxygens (including phenoxy) is 2. The highest BCUT2D eigenvalue weighted by Crippen LogP contribution is 2.18. The Labute approximate surface area is 151 Å². The van der Waals surface area contributed by atoms with Crippen LogP contribution in [0.15, 0.2) is 24.3 Å². The largest absolute Gasteiger partial charge is 0.494 e. The van der Waals surface area contributed by atoms with Crippen molar-refractivity contribution in [3.05, 3.63) is 24.3 Å². The second-order valence-corrected chi connectivity index (χ2v) is 6.83. The summed E-state index contributed by atoms with van der Waals surface area (Å²) in [4.78, 5) is 0. The molecule has 0 aromatic heterocycles. The van der Waals surface area contributed by atoms with Crippen LogP contribution in [0.4, 0.5) is 0 Å². The van der Waals surface area contributed by atoms with E-state index in [4.69, 9.17) is 9.47 Å². The van der Waals surface area contributed by atoms with E-state index in [9.17, 15) is 0 Å². The van der Waals surface area contributed by atoms with Crippen molar-refractivity contribution in [1.29, 1.82) is 0 Å². The monoisotopic (exact) mass is 384 g/mol. The topological polar surface area (TPSA) is 18.5 Å². The molecule has 0 N–H and O–H groups in total. The van der Waals surface area contributed by atoms with Crippen LogP contribution in [-0.4, -0.2) is 18.5 Å². The minimum atomic E-state index is 0.693. The van der Waals surface area contributed by atoms with Crippen molar-refractivity contribution in [3.63, 3.8) is 0 Å². The molecule has 0 fully saturated rings. The van der Waals surface area contributed by atoms with Gasteiger partial charge < -0.3 is 9.47 Å². The first-order valence-electron chi connectivity index (χ1n) is 9.28. The van der Waals surface area contributed by atoms with Gasteiger partial charge in [0.1, 0.15) is 11.5 Å². The number of hydrogen-bond acceptors (Lipinski definition) is 2. The van der Waals surface area contributed by atoms with Crippen LogP contribution in [0.5, 0.6) is 11.5 Å². The molecule has 1 aromatic carbocycles. The maximum absolute atomic E-state index is 5.77. The lowest BCUT2D eigenvalue weighted by atomic mass is 10.1. The lowest BCUT2D eigenvalue weighted by Gasteiger charge is -2.08. The molecule has 0 aliphatic carbocycles. The summed E-state index contributed by atoms with van der Waals surface area (Å²) >= 11 is 3.35. The van der Waals surface area contributed by atoms with Gasteiger partial charge in [-0.05, 0) is 30.7 Å². The Balaban J connectivity index is 1.92. The van der Waals surface area contributed by atoms with E-state index in [1.807, 2.05) is 24.3 Å². The van der Waals surface area contributed by atoms with Gasteiger partial charge in [0.05, 0.1) is 13.2 Å². The fourth-order valence-corrected chi connectivity index (χ4v) is 2.73. The van der Waals surface area contributed by atoms with Crippen molar-refractivity contribution in [1.82, 2.24) is 0 Å². The summed E-state index contributed by atoms with van der Waals surface area (Å²) < 4.78 is 11.3. The molecule has 132 valence electrons. The molecule has 3 heteroatoms. The van der Waals surface area contributed by atoms with E-state index in [0.717, 1.165) is 29.9 Å². The van der Waals surface area contributed by atoms with Crippen molar-refractivity contribution >= 4 is 15.9 Å². The van der Waals surface area contributed by atoms with E-state index < -0.39 is 0 Å². The lowest BCUT2D eigenvalue weighted by Crippen LogP contribution is -1.99. The van der Waals surface area contributed by atoms with Crippen molar-refractivity contribution in [2.24, 2.45) is 0 Å². The van der Waals surface area contributed by atoms with Gasteiger partial charge in [-0.3, -0.25) is 0 Å². The number of unbranched alkanes of at least 4 members (excludes halogenated alkanes) is 9. The molecule has 0 heterocycles. The van der Waals surface area contributed by atoms with Crippen LogP contribution in [-0.2, 0) is 0 Å². The van der Waals surface area contributed by atoms with Crippen LogP contribution in [0.1, 0.15) is 71.1 Å². The predicted molar refractivity (Wildman–Crippen MR) is 103 cm³/mol. The zero-order chi connectivity index (χ0) is 16.6. The molecule has 0 spiro atoms. The highest BCUT2D eigenvalue weighted by molar-refractivity contribution is 9.09. The zero-order valence-corrected chi connectivity index (χ0v) is 16.3. The second-order valence-electron chi connectivity index (χ2n) is 6.04. The van der Waals surface area contributed by atoms with Crippen molar-refractivity contribution in [2.45, 2.75) is 71.1 Å². The Morgan fingerprint density at radius 2 is 1.09 bits per heavy atom. The van der Waals surface area contributed by atoms with E-state index >= 15 is 0 Å². The quantitative estimate of drug-likeness (QED) is 0.245. The van der Waals surface area contributed by atoms with Gasteiger partial charge >= 0.3 is 0 Å². The predicted octanol–water partition coefficient (Wildman–Crippen LogP) is 6.76. The zero-order valence-electron chi connectivity index (χ0n) is 14.7. The first-order chi connectivity index (χ1) is 11.4. The average Bonchev–Trinajstić information content (AvgIpc) is 2.59. The molecule has 0 saturated heterocycles. The number of alkyl halides is 1. The van der Waals surface area contributed by atoms with E-state index in [0.29, 0.717) is 6.61 Å². The molecule has 2 nitrogen and oxygen atoms in total. The standard InChI is InChI=1S/C20H33BrO2/c1-2-3-4-5-6-7-8-9-10-11-17-22-19-12-14-20(15-13-19)23-18-16-21/h12-15H,2-11,16-18H2,1H3. The summed E-state index contributed by atoms with van der Waals surface area (Å²) in [6, 6.07) is 7.91. The molecule has 0 unspecified atom stereocenters. The van der Waals surface area contributed by atoms with Gasteiger partial charge in [-0.2, -0.15) is 0 Å². The van der Waals surface area contributed by atoms with Crippen LogP contribution in [0.2, 0.25) is 0 Å². The molecule has 1 aromatic rings. The van der Waals surface area contributed by atoms with E-state index in [1.165, 1.54) is 57.8 Å². The van der Waals surface area contributed by atoms with Gasteiger partial charge in [0, 0.05) is 5.33 Å². The third-order valence-electron chi connectivity index (χ3n) is 3.94. The van der Waals surface area contributed by atoms with E-state index in [-0.39, 0.29) is 0 Å². The van der Waals surface area contributed by atoms with E-state index in [1.54, 1.807) is 0 Å². The molecule has 0 atom stereocenters. The first kappa shape index (κ1) is 20.3. The maximum atomic E-state index is 5.77. The fraction of sp³-hybridized carbons (Fsp3) is 0.700. The third-order valence-corrected chi connectivity index (χ3v) is 4.26. The number of benzene rings is 1. The third kappa shape index (κ3) is 11.5. The Morgan fingerprint density at radius 1 is 0.652 bits per heavy atom. The number of rotatable bonds is 15. The minimum Gasteiger partial charge on any atom is -0.494 e. The van der Waals surface area contributed by atoms with Crippen LogP contribution < -0.4 is 9.47 Å². The van der Waals surface area contributed by atoms with Gasteiger partial charge in [0.2, 0.25) is 0 Å². The Morgan fingerprint density at radius 3 is 1.57 bits per heavy atom. The van der Waals surface area contributed by atoms with Crippen molar-refractivity contribution in [2.75, 3.05) is 18.5 Å². The molecule has 23 heavy (non-hydrogen) atoms. The molecule has 0 aliphatic rings. The highest BCUT2D eigenvalue weighted by Gasteiger charge is 1.97. The Bertz CT molecular complexity index is 364. The minimum absolute atomic E-state index is 0.693. The molecule has 0 amide bonds. The van der Waals surface area contributed by atoms with Gasteiger partial charge in [0.25, 0.3) is 0 Å². The van der Waals surface area contributed by atoms with Crippen LogP contribution in [0, 0.1) is 0 Å². The summed E-state index contributed by atoms with van der Waals surface area (Å²) in [5.41, 5.74) is 0. The summed E-state index contributed by atoms with van der Waals surface area (Å²) in [5, 5.41) is 0.851. The van der Waals surface area contributed by atoms with Crippen molar-refractivity contribution < 1.29 is 9.47 Å². The Kier molecular flexibility index (Phi) is 13.1. The van der Waals surface area contributed by atoms with Crippen molar-refractivity contribution in [3.8, 4) is 11.5 Å². The fourth-order valence-electron chi connectivity index (χ4n) is 2.57. The number of halogens is 1. The summed E-state index contributed by atoms with van der Waals surface area (Å²) in [5.74, 6) is 1.84. The first-order valence-corrected chi connectivity index (χ1v) is 10.4. The maximum Gasteiger partial charge on any atom is 0.119 e. The van der Waals surface area contributed by atoms with Crippen LogP contribution >= 0.6 is 15.9 Å². The molecular weight excluding hydrogens is 352 g/mol. The molecular formula is C20H33BrO2. The molecule has 1 rings (SSSR count). The molecule has 0 saturated carbocycles. The van der Waals surface area contributed by atoms with Gasteiger partial charge in [-0.1, -0.05) is 80.6 Å². The average molecular weight is 385 g/mol. The molecule has 0 radical (unpaired) electrons. The summed E-state index contributed by atoms with van der Waals surface area (Å²) in [6.45, 7) is 3.78.